The summed E-state index contributed by atoms with van der Waals surface area (Å²) in [5, 5.41) is 3.28. The van der Waals surface area contributed by atoms with Gasteiger partial charge in [-0.3, -0.25) is 14.6 Å². The average Bonchev–Trinajstić information content (AvgIpc) is 2.82. The van der Waals surface area contributed by atoms with Crippen LogP contribution < -0.4 is 21.3 Å². The van der Waals surface area contributed by atoms with E-state index in [-0.39, 0.29) is 11.3 Å². The fourth-order valence-electron chi connectivity index (χ4n) is 3.40. The summed E-state index contributed by atoms with van der Waals surface area (Å²) >= 11 is 0. The predicted molar refractivity (Wildman–Crippen MR) is 123 cm³/mol. The van der Waals surface area contributed by atoms with Gasteiger partial charge in [-0.15, -0.1) is 0 Å². The van der Waals surface area contributed by atoms with E-state index in [1.54, 1.807) is 24.5 Å². The van der Waals surface area contributed by atoms with E-state index in [1.807, 2.05) is 43.3 Å². The van der Waals surface area contributed by atoms with Crippen molar-refractivity contribution in [2.45, 2.75) is 20.0 Å². The van der Waals surface area contributed by atoms with Gasteiger partial charge in [-0.1, -0.05) is 37.3 Å². The lowest BCUT2D eigenvalue weighted by atomic mass is 10.0. The molecule has 0 bridgehead atoms. The third-order valence-corrected chi connectivity index (χ3v) is 4.96. The number of nitrogens with two attached hydrogens (primary N) is 1. The molecular formula is C24H23N5O3. The van der Waals surface area contributed by atoms with Crippen molar-refractivity contribution in [3.8, 4) is 17.1 Å². The predicted octanol–water partition coefficient (Wildman–Crippen LogP) is 3.29. The van der Waals surface area contributed by atoms with Crippen LogP contribution in [0.4, 0.5) is 5.69 Å². The second-order valence-corrected chi connectivity index (χ2v) is 7.24. The maximum atomic E-state index is 12.7. The topological polar surface area (TPSA) is 123 Å². The number of rotatable bonds is 7. The van der Waals surface area contributed by atoms with Crippen molar-refractivity contribution in [1.82, 2.24) is 20.3 Å². The van der Waals surface area contributed by atoms with Crippen LogP contribution in [-0.4, -0.2) is 27.4 Å². The highest BCUT2D eigenvalue weighted by Gasteiger charge is 2.19. The Bertz CT molecular complexity index is 1320. The Kier molecular flexibility index (Phi) is 6.12. The number of amides is 1. The smallest absolute Gasteiger partial charge is 0.263 e. The molecule has 8 heteroatoms. The molecule has 4 rings (SSSR count). The number of carbonyl (C=O) groups is 1. The lowest BCUT2D eigenvalue weighted by Gasteiger charge is -2.12. The zero-order valence-electron chi connectivity index (χ0n) is 17.6. The molecular weight excluding hydrogens is 406 g/mol. The lowest BCUT2D eigenvalue weighted by Crippen LogP contribution is -2.31. The highest BCUT2D eigenvalue weighted by atomic mass is 16.5. The van der Waals surface area contributed by atoms with E-state index in [0.29, 0.717) is 41.2 Å². The first-order valence-electron chi connectivity index (χ1n) is 10.3. The number of fused-ring (bicyclic) bond motifs is 1. The van der Waals surface area contributed by atoms with E-state index in [2.05, 4.69) is 20.3 Å². The summed E-state index contributed by atoms with van der Waals surface area (Å²) in [5.41, 5.74) is 8.50. The van der Waals surface area contributed by atoms with Gasteiger partial charge in [-0.25, -0.2) is 4.98 Å². The molecule has 32 heavy (non-hydrogen) atoms. The van der Waals surface area contributed by atoms with E-state index >= 15 is 0 Å². The van der Waals surface area contributed by atoms with Crippen molar-refractivity contribution in [3.63, 3.8) is 0 Å². The van der Waals surface area contributed by atoms with Gasteiger partial charge in [0.25, 0.3) is 11.5 Å². The zero-order valence-corrected chi connectivity index (χ0v) is 17.6. The van der Waals surface area contributed by atoms with E-state index in [1.165, 1.54) is 0 Å². The molecule has 4 aromatic rings. The van der Waals surface area contributed by atoms with Crippen molar-refractivity contribution in [2.75, 3.05) is 12.3 Å². The minimum absolute atomic E-state index is 0.0791. The van der Waals surface area contributed by atoms with Gasteiger partial charge in [0.1, 0.15) is 12.2 Å². The fraction of sp³-hybridized carbons (Fsp3) is 0.167. The number of para-hydroxylation sites is 1. The van der Waals surface area contributed by atoms with Crippen molar-refractivity contribution < 1.29 is 9.53 Å². The first-order chi connectivity index (χ1) is 15.6. The Morgan fingerprint density at radius 1 is 1.16 bits per heavy atom. The number of anilines is 1. The number of aromatic amines is 1. The number of benzene rings is 1. The third-order valence-electron chi connectivity index (χ3n) is 4.96. The van der Waals surface area contributed by atoms with Gasteiger partial charge >= 0.3 is 0 Å². The lowest BCUT2D eigenvalue weighted by molar-refractivity contribution is 0.0953. The van der Waals surface area contributed by atoms with Crippen molar-refractivity contribution >= 4 is 22.5 Å². The number of carbonyl (C=O) groups excluding carboxylic acids is 1. The number of ether oxygens (including phenoxy) is 1. The van der Waals surface area contributed by atoms with Crippen LogP contribution in [-0.2, 0) is 6.61 Å². The highest BCUT2D eigenvalue weighted by molar-refractivity contribution is 6.08. The number of H-pyrrole nitrogens is 1. The largest absolute Gasteiger partial charge is 0.473 e. The van der Waals surface area contributed by atoms with Crippen molar-refractivity contribution in [2.24, 2.45) is 0 Å². The summed E-state index contributed by atoms with van der Waals surface area (Å²) in [5.74, 6) is -0.0453. The molecule has 3 aromatic heterocycles. The number of nitrogens with zero attached hydrogens (tertiary/aromatic N) is 2. The van der Waals surface area contributed by atoms with Crippen LogP contribution in [0.15, 0.2) is 65.7 Å². The molecule has 0 fully saturated rings. The Hall–Kier alpha value is -4.20. The quantitative estimate of drug-likeness (QED) is 0.414. The maximum absolute atomic E-state index is 12.7. The van der Waals surface area contributed by atoms with Crippen LogP contribution in [0.2, 0.25) is 0 Å². The van der Waals surface area contributed by atoms with Crippen LogP contribution in [0.5, 0.6) is 5.88 Å². The molecule has 0 aliphatic heterocycles. The second-order valence-electron chi connectivity index (χ2n) is 7.24. The third kappa shape index (κ3) is 4.29. The molecule has 0 saturated heterocycles. The van der Waals surface area contributed by atoms with Gasteiger partial charge < -0.3 is 20.8 Å². The molecule has 0 atom stereocenters. The molecule has 0 unspecified atom stereocenters. The maximum Gasteiger partial charge on any atom is 0.263 e. The number of hydrogen-bond acceptors (Lipinski definition) is 6. The van der Waals surface area contributed by atoms with E-state index in [4.69, 9.17) is 10.5 Å². The molecule has 162 valence electrons. The van der Waals surface area contributed by atoms with Crippen LogP contribution in [0.25, 0.3) is 22.2 Å². The zero-order chi connectivity index (χ0) is 22.5. The van der Waals surface area contributed by atoms with Crippen molar-refractivity contribution in [3.05, 3.63) is 82.4 Å². The van der Waals surface area contributed by atoms with Gasteiger partial charge in [0.05, 0.1) is 16.9 Å². The number of hydrogen-bond donors (Lipinski definition) is 3. The Morgan fingerprint density at radius 3 is 2.78 bits per heavy atom. The van der Waals surface area contributed by atoms with E-state index < -0.39 is 11.5 Å². The van der Waals surface area contributed by atoms with Crippen LogP contribution in [0.1, 0.15) is 29.3 Å². The minimum atomic E-state index is -0.542. The normalized spacial score (nSPS) is 10.8. The number of pyridine rings is 3. The monoisotopic (exact) mass is 429 g/mol. The van der Waals surface area contributed by atoms with Crippen molar-refractivity contribution in [1.29, 1.82) is 0 Å². The first kappa shape index (κ1) is 21.0. The van der Waals surface area contributed by atoms with Gasteiger partial charge in [0, 0.05) is 41.5 Å². The average molecular weight is 429 g/mol. The minimum Gasteiger partial charge on any atom is -0.473 e. The SMILES string of the molecule is CCCNC(=O)c1c(N)c2cccc(-c3cccc(OCc4cccnc4)n3)c2[nH]c1=O. The molecule has 0 spiro atoms. The summed E-state index contributed by atoms with van der Waals surface area (Å²) in [7, 11) is 0. The van der Waals surface area contributed by atoms with E-state index in [9.17, 15) is 9.59 Å². The summed E-state index contributed by atoms with van der Waals surface area (Å²) in [6.45, 7) is 2.73. The van der Waals surface area contributed by atoms with Gasteiger partial charge in [0.2, 0.25) is 5.88 Å². The number of aromatic nitrogens is 3. The Labute approximate surface area is 184 Å². The molecule has 1 aromatic carbocycles. The summed E-state index contributed by atoms with van der Waals surface area (Å²) in [6, 6.07) is 14.6. The van der Waals surface area contributed by atoms with Crippen LogP contribution >= 0.6 is 0 Å². The first-order valence-corrected chi connectivity index (χ1v) is 10.3. The molecule has 0 radical (unpaired) electrons. The van der Waals surface area contributed by atoms with Gasteiger partial charge in [-0.2, -0.15) is 0 Å². The molecule has 1 amide bonds. The molecule has 0 aliphatic rings. The summed E-state index contributed by atoms with van der Waals surface area (Å²) in [6.07, 6.45) is 4.19. The molecule has 3 heterocycles. The standard InChI is InChI=1S/C24H23N5O3/c1-2-11-27-23(30)20-21(25)17-8-3-7-16(22(17)29-24(20)31)18-9-4-10-19(28-18)32-14-15-6-5-12-26-13-15/h3-10,12-13H,2,11,14H2,1H3,(H,27,30)(H3,25,29,31). The second kappa shape index (κ2) is 9.30. The fourth-order valence-corrected chi connectivity index (χ4v) is 3.40. The molecule has 0 aliphatic carbocycles. The Morgan fingerprint density at radius 2 is 2.00 bits per heavy atom. The van der Waals surface area contributed by atoms with Crippen LogP contribution in [0, 0.1) is 0 Å². The van der Waals surface area contributed by atoms with Gasteiger partial charge in [0.15, 0.2) is 0 Å². The molecule has 4 N–H and O–H groups in total. The van der Waals surface area contributed by atoms with Gasteiger partial charge in [-0.05, 0) is 18.6 Å². The summed E-state index contributed by atoms with van der Waals surface area (Å²) in [4.78, 5) is 36.6. The molecule has 8 nitrogen and oxygen atoms in total. The Balaban J connectivity index is 1.71. The number of nitrogen functional groups attached to an aromatic ring is 1. The van der Waals surface area contributed by atoms with Crippen LogP contribution in [0.3, 0.4) is 0 Å². The summed E-state index contributed by atoms with van der Waals surface area (Å²) < 4.78 is 5.80. The number of nitrogens with one attached hydrogen (secondary N) is 2. The highest BCUT2D eigenvalue weighted by Crippen LogP contribution is 2.30. The van der Waals surface area contributed by atoms with E-state index in [0.717, 1.165) is 12.0 Å². The molecule has 0 saturated carbocycles.